The maximum absolute atomic E-state index is 13.4. The van der Waals surface area contributed by atoms with Crippen molar-refractivity contribution in [3.8, 4) is 5.75 Å². The number of phenolic OH excluding ortho intramolecular Hbond substituents is 1. The monoisotopic (exact) mass is 342 g/mol. The fraction of sp³-hybridized carbons (Fsp3) is 0.235. The van der Waals surface area contributed by atoms with Crippen LogP contribution in [0, 0.1) is 5.82 Å². The van der Waals surface area contributed by atoms with E-state index in [1.165, 1.54) is 12.1 Å². The van der Waals surface area contributed by atoms with Crippen molar-refractivity contribution in [3.05, 3.63) is 59.8 Å². The van der Waals surface area contributed by atoms with Gasteiger partial charge in [0.15, 0.2) is 29.0 Å². The van der Waals surface area contributed by atoms with Crippen LogP contribution in [-0.2, 0) is 13.1 Å². The molecule has 3 rings (SSSR count). The van der Waals surface area contributed by atoms with Crippen molar-refractivity contribution in [2.45, 2.75) is 20.0 Å². The molecule has 3 aromatic rings. The Bertz CT molecular complexity index is 892. The molecule has 3 N–H and O–H groups in total. The van der Waals surface area contributed by atoms with Crippen LogP contribution in [0.3, 0.4) is 0 Å². The van der Waals surface area contributed by atoms with E-state index < -0.39 is 5.82 Å². The van der Waals surface area contributed by atoms with Crippen molar-refractivity contribution in [1.29, 1.82) is 0 Å². The van der Waals surface area contributed by atoms with Crippen LogP contribution in [-0.4, -0.2) is 32.2 Å². The molecule has 0 spiro atoms. The number of benzene rings is 1. The van der Waals surface area contributed by atoms with Gasteiger partial charge in [-0.1, -0.05) is 12.1 Å². The van der Waals surface area contributed by atoms with Crippen LogP contribution in [0.15, 0.2) is 47.6 Å². The molecule has 0 saturated heterocycles. The largest absolute Gasteiger partial charge is 0.505 e. The number of guanidine groups is 1. The third kappa shape index (κ3) is 4.03. The number of hydrogen-bond donors (Lipinski definition) is 3. The average molecular weight is 342 g/mol. The van der Waals surface area contributed by atoms with Crippen LogP contribution in [0.25, 0.3) is 5.65 Å². The van der Waals surface area contributed by atoms with Gasteiger partial charge in [-0.05, 0) is 36.8 Å². The molecule has 130 valence electrons. The molecular weight excluding hydrogens is 323 g/mol. The number of halogens is 1. The molecular formula is C17H19FN6O. The second-order valence-electron chi connectivity index (χ2n) is 5.38. The molecule has 7 nitrogen and oxygen atoms in total. The predicted octanol–water partition coefficient (Wildman–Crippen LogP) is 1.83. The minimum absolute atomic E-state index is 0.285. The van der Waals surface area contributed by atoms with E-state index in [2.05, 4.69) is 25.8 Å². The summed E-state index contributed by atoms with van der Waals surface area (Å²) in [6.45, 7) is 3.38. The summed E-state index contributed by atoms with van der Waals surface area (Å²) in [6.07, 6.45) is 1.90. The Morgan fingerprint density at radius 3 is 2.92 bits per heavy atom. The predicted molar refractivity (Wildman–Crippen MR) is 92.7 cm³/mol. The molecule has 0 amide bonds. The van der Waals surface area contributed by atoms with Crippen molar-refractivity contribution in [2.24, 2.45) is 4.99 Å². The molecule has 0 unspecified atom stereocenters. The Labute approximate surface area is 144 Å². The van der Waals surface area contributed by atoms with Gasteiger partial charge in [-0.2, -0.15) is 0 Å². The summed E-state index contributed by atoms with van der Waals surface area (Å²) in [5.41, 5.74) is 1.45. The highest BCUT2D eigenvalue weighted by Crippen LogP contribution is 2.16. The lowest BCUT2D eigenvalue weighted by molar-refractivity contribution is 0.432. The molecule has 1 aromatic carbocycles. The van der Waals surface area contributed by atoms with E-state index in [0.29, 0.717) is 24.6 Å². The van der Waals surface area contributed by atoms with Crippen LogP contribution in [0.5, 0.6) is 5.75 Å². The normalized spacial score (nSPS) is 11.7. The number of phenols is 1. The standard InChI is InChI=1S/C17H19FN6O/c1-2-19-17(20-10-12-6-7-14(25)13(18)9-12)21-11-16-23-22-15-5-3-4-8-24(15)16/h3-9,25H,2,10-11H2,1H3,(H2,19,20,21). The lowest BCUT2D eigenvalue weighted by Gasteiger charge is -2.10. The fourth-order valence-electron chi connectivity index (χ4n) is 2.34. The second kappa shape index (κ2) is 7.61. The Morgan fingerprint density at radius 1 is 1.24 bits per heavy atom. The zero-order valence-corrected chi connectivity index (χ0v) is 13.8. The molecule has 8 heteroatoms. The number of rotatable bonds is 5. The highest BCUT2D eigenvalue weighted by molar-refractivity contribution is 5.79. The minimum Gasteiger partial charge on any atom is -0.505 e. The zero-order valence-electron chi connectivity index (χ0n) is 13.8. The molecule has 0 aliphatic heterocycles. The van der Waals surface area contributed by atoms with Gasteiger partial charge in [0.25, 0.3) is 0 Å². The van der Waals surface area contributed by atoms with Gasteiger partial charge >= 0.3 is 0 Å². The van der Waals surface area contributed by atoms with Crippen LogP contribution in [0.4, 0.5) is 4.39 Å². The van der Waals surface area contributed by atoms with Crippen LogP contribution in [0.2, 0.25) is 0 Å². The topological polar surface area (TPSA) is 86.8 Å². The molecule has 2 aromatic heterocycles. The maximum atomic E-state index is 13.4. The molecule has 0 radical (unpaired) electrons. The average Bonchev–Trinajstić information content (AvgIpc) is 3.03. The van der Waals surface area contributed by atoms with Crippen molar-refractivity contribution >= 4 is 11.6 Å². The molecule has 0 aliphatic rings. The first-order chi connectivity index (χ1) is 12.2. The fourth-order valence-corrected chi connectivity index (χ4v) is 2.34. The Morgan fingerprint density at radius 2 is 2.12 bits per heavy atom. The summed E-state index contributed by atoms with van der Waals surface area (Å²) >= 11 is 0. The Kier molecular flexibility index (Phi) is 5.08. The van der Waals surface area contributed by atoms with Crippen molar-refractivity contribution < 1.29 is 9.50 Å². The van der Waals surface area contributed by atoms with Crippen LogP contribution < -0.4 is 10.6 Å². The van der Waals surface area contributed by atoms with Gasteiger partial charge in [-0.25, -0.2) is 9.38 Å². The third-order valence-corrected chi connectivity index (χ3v) is 3.57. The summed E-state index contributed by atoms with van der Waals surface area (Å²) < 4.78 is 15.3. The van der Waals surface area contributed by atoms with E-state index >= 15 is 0 Å². The Hall–Kier alpha value is -3.16. The molecule has 0 fully saturated rings. The summed E-state index contributed by atoms with van der Waals surface area (Å²) in [6, 6.07) is 9.94. The van der Waals surface area contributed by atoms with Crippen molar-refractivity contribution in [2.75, 3.05) is 6.54 Å². The van der Waals surface area contributed by atoms with Crippen molar-refractivity contribution in [3.63, 3.8) is 0 Å². The van der Waals surface area contributed by atoms with Gasteiger partial charge in [0, 0.05) is 12.7 Å². The number of nitrogens with one attached hydrogen (secondary N) is 2. The number of aliphatic imine (C=N–C) groups is 1. The molecule has 0 aliphatic carbocycles. The summed E-state index contributed by atoms with van der Waals surface area (Å²) in [7, 11) is 0. The molecule has 2 heterocycles. The van der Waals surface area contributed by atoms with Crippen LogP contribution >= 0.6 is 0 Å². The van der Waals surface area contributed by atoms with Gasteiger partial charge < -0.3 is 15.7 Å². The smallest absolute Gasteiger partial charge is 0.191 e. The van der Waals surface area contributed by atoms with E-state index in [1.54, 1.807) is 6.07 Å². The van der Waals surface area contributed by atoms with Gasteiger partial charge in [0.05, 0.1) is 13.1 Å². The highest BCUT2D eigenvalue weighted by Gasteiger charge is 2.06. The van der Waals surface area contributed by atoms with Crippen molar-refractivity contribution in [1.82, 2.24) is 25.2 Å². The van der Waals surface area contributed by atoms with Gasteiger partial charge in [-0.3, -0.25) is 4.40 Å². The number of nitrogens with zero attached hydrogens (tertiary/aromatic N) is 4. The van der Waals surface area contributed by atoms with Gasteiger partial charge in [-0.15, -0.1) is 10.2 Å². The molecule has 25 heavy (non-hydrogen) atoms. The van der Waals surface area contributed by atoms with E-state index in [9.17, 15) is 9.50 Å². The van der Waals surface area contributed by atoms with Gasteiger partial charge in [0.1, 0.15) is 0 Å². The number of aromatic hydroxyl groups is 1. The number of hydrogen-bond acceptors (Lipinski definition) is 4. The number of pyridine rings is 1. The molecule has 0 saturated carbocycles. The molecule has 0 atom stereocenters. The SMILES string of the molecule is CCNC(=NCc1ccc(O)c(F)c1)NCc1nnc2ccccn12. The van der Waals surface area contributed by atoms with E-state index in [1.807, 2.05) is 35.7 Å². The number of fused-ring (bicyclic) bond motifs is 1. The first-order valence-corrected chi connectivity index (χ1v) is 7.95. The third-order valence-electron chi connectivity index (χ3n) is 3.57. The molecule has 0 bridgehead atoms. The van der Waals surface area contributed by atoms with Gasteiger partial charge in [0.2, 0.25) is 0 Å². The van der Waals surface area contributed by atoms with Crippen LogP contribution in [0.1, 0.15) is 18.3 Å². The first-order valence-electron chi connectivity index (χ1n) is 7.95. The lowest BCUT2D eigenvalue weighted by atomic mass is 10.2. The summed E-state index contributed by atoms with van der Waals surface area (Å²) in [4.78, 5) is 4.42. The second-order valence-corrected chi connectivity index (χ2v) is 5.38. The lowest BCUT2D eigenvalue weighted by Crippen LogP contribution is -2.37. The quantitative estimate of drug-likeness (QED) is 0.486. The van der Waals surface area contributed by atoms with E-state index in [-0.39, 0.29) is 12.3 Å². The Balaban J connectivity index is 1.69. The number of aromatic nitrogens is 3. The highest BCUT2D eigenvalue weighted by atomic mass is 19.1. The van der Waals surface area contributed by atoms with E-state index in [0.717, 1.165) is 11.5 Å². The first kappa shape index (κ1) is 16.7. The summed E-state index contributed by atoms with van der Waals surface area (Å²) in [5, 5.41) is 23.8. The summed E-state index contributed by atoms with van der Waals surface area (Å²) in [5.74, 6) is 0.331. The maximum Gasteiger partial charge on any atom is 0.191 e. The van der Waals surface area contributed by atoms with E-state index in [4.69, 9.17) is 0 Å². The zero-order chi connectivity index (χ0) is 17.6. The minimum atomic E-state index is -0.652.